The van der Waals surface area contributed by atoms with Gasteiger partial charge < -0.3 is 0 Å². The lowest BCUT2D eigenvalue weighted by Gasteiger charge is -2.42. The average Bonchev–Trinajstić information content (AvgIpc) is 2.67. The van der Waals surface area contributed by atoms with Gasteiger partial charge in [0, 0.05) is 0 Å². The normalized spacial score (nSPS) is 34.2. The highest BCUT2D eigenvalue weighted by Gasteiger charge is 2.35. The van der Waals surface area contributed by atoms with Gasteiger partial charge in [-0.2, -0.15) is 0 Å². The Kier molecular flexibility index (Phi) is 6.07. The molecule has 0 saturated heterocycles. The molecule has 0 spiro atoms. The minimum absolute atomic E-state index is 0.859. The molecule has 0 N–H and O–H groups in total. The fourth-order valence-corrected chi connectivity index (χ4v) is 6.45. The molecule has 0 bridgehead atoms. The monoisotopic (exact) mass is 352 g/mol. The van der Waals surface area contributed by atoms with Crippen molar-refractivity contribution >= 4 is 0 Å². The molecule has 0 amide bonds. The van der Waals surface area contributed by atoms with Gasteiger partial charge in [-0.25, -0.2) is 0 Å². The topological polar surface area (TPSA) is 0 Å². The molecule has 0 heteroatoms. The van der Waals surface area contributed by atoms with Crippen LogP contribution in [0.15, 0.2) is 18.2 Å². The van der Waals surface area contributed by atoms with Gasteiger partial charge in [-0.05, 0) is 97.6 Å². The van der Waals surface area contributed by atoms with Crippen LogP contribution in [0.2, 0.25) is 0 Å². The van der Waals surface area contributed by atoms with Crippen LogP contribution in [0.4, 0.5) is 0 Å². The lowest BCUT2D eigenvalue weighted by molar-refractivity contribution is 0.113. The number of hydrogen-bond acceptors (Lipinski definition) is 0. The minimum Gasteiger partial charge on any atom is -0.0654 e. The highest BCUT2D eigenvalue weighted by Crippen LogP contribution is 2.48. The van der Waals surface area contributed by atoms with E-state index in [0.29, 0.717) is 0 Å². The molecule has 3 aliphatic carbocycles. The molecule has 1 aromatic carbocycles. The van der Waals surface area contributed by atoms with E-state index >= 15 is 0 Å². The summed E-state index contributed by atoms with van der Waals surface area (Å²) in [4.78, 5) is 0. The first-order chi connectivity index (χ1) is 12.7. The van der Waals surface area contributed by atoms with E-state index in [1.165, 1.54) is 77.0 Å². The van der Waals surface area contributed by atoms with Gasteiger partial charge in [0.1, 0.15) is 0 Å². The summed E-state index contributed by atoms with van der Waals surface area (Å²) in [6.45, 7) is 4.75. The maximum Gasteiger partial charge on any atom is -0.0159 e. The van der Waals surface area contributed by atoms with Crippen molar-refractivity contribution in [2.75, 3.05) is 0 Å². The van der Waals surface area contributed by atoms with E-state index in [2.05, 4.69) is 32.0 Å². The first-order valence-electron chi connectivity index (χ1n) is 11.8. The van der Waals surface area contributed by atoms with Crippen molar-refractivity contribution in [1.29, 1.82) is 0 Å². The molecule has 5 atom stereocenters. The smallest absolute Gasteiger partial charge is 0.0159 e. The molecule has 0 aromatic heterocycles. The second-order valence-corrected chi connectivity index (χ2v) is 10.1. The molecule has 0 nitrogen and oxygen atoms in total. The van der Waals surface area contributed by atoms with Crippen LogP contribution in [0.25, 0.3) is 0 Å². The van der Waals surface area contributed by atoms with E-state index in [0.717, 1.165) is 29.6 Å². The second-order valence-electron chi connectivity index (χ2n) is 10.1. The predicted molar refractivity (Wildman–Crippen MR) is 113 cm³/mol. The van der Waals surface area contributed by atoms with Gasteiger partial charge in [-0.3, -0.25) is 0 Å². The number of benzene rings is 1. The Morgan fingerprint density at radius 3 is 2.62 bits per heavy atom. The fraction of sp³-hybridized carbons (Fsp3) is 0.769. The average molecular weight is 353 g/mol. The van der Waals surface area contributed by atoms with Crippen LogP contribution in [0.1, 0.15) is 107 Å². The molecule has 3 aliphatic rings. The molecule has 5 unspecified atom stereocenters. The molecule has 0 aliphatic heterocycles. The quantitative estimate of drug-likeness (QED) is 0.476. The minimum atomic E-state index is 0.859. The van der Waals surface area contributed by atoms with Gasteiger partial charge in [0.05, 0.1) is 0 Å². The summed E-state index contributed by atoms with van der Waals surface area (Å²) in [5.74, 6) is 4.90. The highest BCUT2D eigenvalue weighted by molar-refractivity contribution is 5.36. The van der Waals surface area contributed by atoms with Crippen LogP contribution in [0.3, 0.4) is 0 Å². The molecule has 2 fully saturated rings. The zero-order valence-electron chi connectivity index (χ0n) is 17.3. The zero-order chi connectivity index (χ0) is 17.9. The second kappa shape index (κ2) is 8.49. The van der Waals surface area contributed by atoms with E-state index in [1.54, 1.807) is 23.1 Å². The van der Waals surface area contributed by atoms with Gasteiger partial charge >= 0.3 is 0 Å². The third kappa shape index (κ3) is 4.20. The van der Waals surface area contributed by atoms with Gasteiger partial charge in [0.15, 0.2) is 0 Å². The van der Waals surface area contributed by atoms with Crippen molar-refractivity contribution in [2.45, 2.75) is 103 Å². The standard InChI is InChI=1S/C26H40/c1-3-4-5-6-20-8-10-24-18-26(14-12-22(24)16-20)25-13-11-21-15-19(2)7-9-23(21)17-25/h11,13,17,19-20,22,24,26H,3-10,12,14-16,18H2,1-2H3. The van der Waals surface area contributed by atoms with Gasteiger partial charge in [-0.1, -0.05) is 64.2 Å². The molecule has 2 saturated carbocycles. The van der Waals surface area contributed by atoms with Crippen molar-refractivity contribution in [3.05, 3.63) is 34.9 Å². The summed E-state index contributed by atoms with van der Waals surface area (Å²) >= 11 is 0. The third-order valence-electron chi connectivity index (χ3n) is 8.11. The summed E-state index contributed by atoms with van der Waals surface area (Å²) in [6, 6.07) is 7.60. The summed E-state index contributed by atoms with van der Waals surface area (Å²) in [7, 11) is 0. The van der Waals surface area contributed by atoms with E-state index in [4.69, 9.17) is 0 Å². The Labute approximate surface area is 162 Å². The van der Waals surface area contributed by atoms with E-state index < -0.39 is 0 Å². The Morgan fingerprint density at radius 2 is 1.73 bits per heavy atom. The molecular weight excluding hydrogens is 312 g/mol. The Hall–Kier alpha value is -0.780. The first kappa shape index (κ1) is 18.6. The lowest BCUT2D eigenvalue weighted by atomic mass is 9.63. The summed E-state index contributed by atoms with van der Waals surface area (Å²) in [5, 5.41) is 0. The van der Waals surface area contributed by atoms with E-state index in [-0.39, 0.29) is 0 Å². The lowest BCUT2D eigenvalue weighted by Crippen LogP contribution is -2.30. The number of rotatable bonds is 5. The number of hydrogen-bond donors (Lipinski definition) is 0. The van der Waals surface area contributed by atoms with Crippen LogP contribution < -0.4 is 0 Å². The molecule has 1 aromatic rings. The van der Waals surface area contributed by atoms with Crippen molar-refractivity contribution < 1.29 is 0 Å². The summed E-state index contributed by atoms with van der Waals surface area (Å²) in [5.41, 5.74) is 5.01. The molecule has 26 heavy (non-hydrogen) atoms. The van der Waals surface area contributed by atoms with Gasteiger partial charge in [-0.15, -0.1) is 0 Å². The third-order valence-corrected chi connectivity index (χ3v) is 8.11. The predicted octanol–water partition coefficient (Wildman–Crippen LogP) is 7.69. The molecule has 144 valence electrons. The van der Waals surface area contributed by atoms with Gasteiger partial charge in [0.2, 0.25) is 0 Å². The molecule has 0 radical (unpaired) electrons. The number of aryl methyl sites for hydroxylation is 1. The largest absolute Gasteiger partial charge is 0.0654 e. The Morgan fingerprint density at radius 1 is 0.885 bits per heavy atom. The highest BCUT2D eigenvalue weighted by atomic mass is 14.4. The SMILES string of the molecule is CCCCCC1CCC2CC(c3ccc4c(c3)CCC(C)C4)CCC2C1. The maximum atomic E-state index is 2.61. The van der Waals surface area contributed by atoms with Crippen LogP contribution in [-0.4, -0.2) is 0 Å². The van der Waals surface area contributed by atoms with Crippen LogP contribution in [0, 0.1) is 23.7 Å². The van der Waals surface area contributed by atoms with Crippen LogP contribution >= 0.6 is 0 Å². The maximum absolute atomic E-state index is 2.61. The van der Waals surface area contributed by atoms with E-state index in [9.17, 15) is 0 Å². The van der Waals surface area contributed by atoms with E-state index in [1.807, 2.05) is 0 Å². The number of fused-ring (bicyclic) bond motifs is 2. The molecular formula is C26H40. The van der Waals surface area contributed by atoms with Crippen molar-refractivity contribution in [1.82, 2.24) is 0 Å². The summed E-state index contributed by atoms with van der Waals surface area (Å²) in [6.07, 6.45) is 18.9. The molecule has 4 rings (SSSR count). The Balaban J connectivity index is 1.35. The van der Waals surface area contributed by atoms with Crippen LogP contribution in [-0.2, 0) is 12.8 Å². The number of unbranched alkanes of at least 4 members (excludes halogenated alkanes) is 2. The summed E-state index contributed by atoms with van der Waals surface area (Å²) < 4.78 is 0. The molecule has 0 heterocycles. The Bertz CT molecular complexity index is 586. The van der Waals surface area contributed by atoms with Crippen molar-refractivity contribution in [2.24, 2.45) is 23.7 Å². The van der Waals surface area contributed by atoms with Gasteiger partial charge in [0.25, 0.3) is 0 Å². The zero-order valence-corrected chi connectivity index (χ0v) is 17.3. The van der Waals surface area contributed by atoms with Crippen molar-refractivity contribution in [3.8, 4) is 0 Å². The van der Waals surface area contributed by atoms with Crippen LogP contribution in [0.5, 0.6) is 0 Å². The fourth-order valence-electron chi connectivity index (χ4n) is 6.45. The van der Waals surface area contributed by atoms with Crippen molar-refractivity contribution in [3.63, 3.8) is 0 Å². The first-order valence-corrected chi connectivity index (χ1v) is 11.8.